The Labute approximate surface area is 168 Å². The van der Waals surface area contributed by atoms with Crippen molar-refractivity contribution < 1.29 is 24.1 Å². The highest BCUT2D eigenvalue weighted by Crippen LogP contribution is 2.38. The lowest BCUT2D eigenvalue weighted by molar-refractivity contribution is -0.163. The largest absolute Gasteiger partial charge is 0.478 e. The molecule has 1 aliphatic rings. The van der Waals surface area contributed by atoms with Crippen LogP contribution in [0.2, 0.25) is 0 Å². The lowest BCUT2D eigenvalue weighted by Gasteiger charge is -2.23. The third-order valence-electron chi connectivity index (χ3n) is 5.39. The third-order valence-corrected chi connectivity index (χ3v) is 5.39. The molecular formula is C22H24N2O5. The van der Waals surface area contributed by atoms with Crippen LogP contribution in [0.25, 0.3) is 5.65 Å². The van der Waals surface area contributed by atoms with Crippen LogP contribution in [-0.2, 0) is 27.3 Å². The maximum Gasteiger partial charge on any atom is 0.335 e. The molecule has 0 unspecified atom stereocenters. The average Bonchev–Trinajstić information content (AvgIpc) is 3.24. The zero-order valence-electron chi connectivity index (χ0n) is 16.7. The monoisotopic (exact) mass is 396 g/mol. The Kier molecular flexibility index (Phi) is 5.25. The summed E-state index contributed by atoms with van der Waals surface area (Å²) in [6.07, 6.45) is 0.839. The summed E-state index contributed by atoms with van der Waals surface area (Å²) in [6, 6.07) is 11.6. The number of ether oxygens (including phenoxy) is 3. The number of hydrogen-bond donors (Lipinski definition) is 1. The number of aliphatic hydroxyl groups excluding tert-OH is 1. The number of pyridine rings is 1. The number of methoxy groups -OCH3 is 1. The van der Waals surface area contributed by atoms with Gasteiger partial charge in [0.25, 0.3) is 0 Å². The third kappa shape index (κ3) is 3.47. The molecule has 152 valence electrons. The summed E-state index contributed by atoms with van der Waals surface area (Å²) in [6.45, 7) is 3.40. The first-order chi connectivity index (χ1) is 14.0. The number of aryl methyl sites for hydroxylation is 1. The minimum Gasteiger partial charge on any atom is -0.478 e. The van der Waals surface area contributed by atoms with Gasteiger partial charge in [0.1, 0.15) is 6.10 Å². The van der Waals surface area contributed by atoms with Crippen molar-refractivity contribution in [1.82, 2.24) is 9.38 Å². The van der Waals surface area contributed by atoms with Gasteiger partial charge in [-0.1, -0.05) is 24.3 Å². The number of benzene rings is 1. The Morgan fingerprint density at radius 2 is 2.10 bits per heavy atom. The van der Waals surface area contributed by atoms with E-state index in [1.165, 1.54) is 7.11 Å². The first-order valence-electron chi connectivity index (χ1n) is 9.58. The molecule has 0 saturated carbocycles. The van der Waals surface area contributed by atoms with Crippen molar-refractivity contribution >= 4 is 11.6 Å². The van der Waals surface area contributed by atoms with Gasteiger partial charge in [-0.05, 0) is 37.1 Å². The predicted molar refractivity (Wildman–Crippen MR) is 106 cm³/mol. The van der Waals surface area contributed by atoms with Gasteiger partial charge < -0.3 is 19.3 Å². The number of carbonyl (C=O) groups excluding carboxylic acids is 1. The molecule has 2 heterocycles. The second-order valence-electron chi connectivity index (χ2n) is 7.16. The van der Waals surface area contributed by atoms with Crippen LogP contribution in [-0.4, -0.2) is 39.8 Å². The van der Waals surface area contributed by atoms with Crippen LogP contribution in [0.3, 0.4) is 0 Å². The number of nitrogens with zero attached hydrogens (tertiary/aromatic N) is 2. The number of esters is 1. The molecule has 3 aromatic rings. The molecule has 0 spiro atoms. The topological polar surface area (TPSA) is 82.3 Å². The molecule has 4 rings (SSSR count). The standard InChI is InChI=1S/C22H24N2O5/c1-13-17(12-25)24-10-6-9-18(21(24)23-13)28-20-16-8-5-4-7-15(16)11-19(20)29-22(26)14(2)27-3/h4-10,14,19-20,25H,11-12H2,1-3H3/t14-,19-,20-/m1/s1. The van der Waals surface area contributed by atoms with E-state index in [2.05, 4.69) is 4.98 Å². The Hall–Kier alpha value is -2.90. The Bertz CT molecular complexity index is 1040. The number of carbonyl (C=O) groups is 1. The smallest absolute Gasteiger partial charge is 0.335 e. The van der Waals surface area contributed by atoms with E-state index in [0.29, 0.717) is 23.5 Å². The van der Waals surface area contributed by atoms with Gasteiger partial charge in [-0.3, -0.25) is 4.40 Å². The second-order valence-corrected chi connectivity index (χ2v) is 7.16. The fourth-order valence-corrected chi connectivity index (χ4v) is 3.73. The van der Waals surface area contributed by atoms with Crippen LogP contribution in [0.1, 0.15) is 35.5 Å². The zero-order valence-corrected chi connectivity index (χ0v) is 16.7. The number of aromatic nitrogens is 2. The van der Waals surface area contributed by atoms with E-state index < -0.39 is 24.3 Å². The molecule has 1 aliphatic carbocycles. The number of hydrogen-bond acceptors (Lipinski definition) is 6. The summed E-state index contributed by atoms with van der Waals surface area (Å²) in [5, 5.41) is 9.66. The molecule has 0 saturated heterocycles. The van der Waals surface area contributed by atoms with E-state index in [9.17, 15) is 9.90 Å². The molecule has 0 bridgehead atoms. The summed E-state index contributed by atoms with van der Waals surface area (Å²) in [5.74, 6) is 0.147. The van der Waals surface area contributed by atoms with Crippen molar-refractivity contribution in [2.75, 3.05) is 7.11 Å². The lowest BCUT2D eigenvalue weighted by Crippen LogP contribution is -2.31. The van der Waals surface area contributed by atoms with E-state index in [0.717, 1.165) is 16.8 Å². The number of imidazole rings is 1. The summed E-state index contributed by atoms with van der Waals surface area (Å²) in [4.78, 5) is 16.9. The molecule has 0 radical (unpaired) electrons. The first kappa shape index (κ1) is 19.4. The second kappa shape index (κ2) is 7.85. The maximum absolute atomic E-state index is 12.3. The first-order valence-corrected chi connectivity index (χ1v) is 9.58. The molecule has 0 aliphatic heterocycles. The lowest BCUT2D eigenvalue weighted by atomic mass is 10.1. The van der Waals surface area contributed by atoms with Gasteiger partial charge in [-0.15, -0.1) is 0 Å². The fourth-order valence-electron chi connectivity index (χ4n) is 3.73. The Morgan fingerprint density at radius 3 is 2.86 bits per heavy atom. The van der Waals surface area contributed by atoms with Gasteiger partial charge in [-0.2, -0.15) is 0 Å². The van der Waals surface area contributed by atoms with Crippen LogP contribution in [0.15, 0.2) is 42.6 Å². The van der Waals surface area contributed by atoms with E-state index in [4.69, 9.17) is 14.2 Å². The van der Waals surface area contributed by atoms with Crippen molar-refractivity contribution in [3.63, 3.8) is 0 Å². The summed E-state index contributed by atoms with van der Waals surface area (Å²) < 4.78 is 19.0. The highest BCUT2D eigenvalue weighted by molar-refractivity contribution is 5.74. The SMILES string of the molecule is CO[C@H](C)C(=O)O[C@@H]1Cc2ccccc2[C@H]1Oc1cccn2c(CO)c(C)nc12. The molecule has 29 heavy (non-hydrogen) atoms. The van der Waals surface area contributed by atoms with Crippen molar-refractivity contribution in [2.45, 2.75) is 45.2 Å². The molecule has 0 fully saturated rings. The predicted octanol–water partition coefficient (Wildman–Crippen LogP) is 2.76. The van der Waals surface area contributed by atoms with Crippen molar-refractivity contribution in [2.24, 2.45) is 0 Å². The van der Waals surface area contributed by atoms with Crippen molar-refractivity contribution in [3.05, 3.63) is 65.1 Å². The van der Waals surface area contributed by atoms with E-state index in [-0.39, 0.29) is 6.61 Å². The molecular weight excluding hydrogens is 372 g/mol. The number of rotatable bonds is 6. The Balaban J connectivity index is 1.69. The Morgan fingerprint density at radius 1 is 1.31 bits per heavy atom. The average molecular weight is 396 g/mol. The van der Waals surface area contributed by atoms with E-state index in [1.807, 2.05) is 53.9 Å². The summed E-state index contributed by atoms with van der Waals surface area (Å²) in [5.41, 5.74) is 4.15. The molecule has 3 atom stereocenters. The van der Waals surface area contributed by atoms with Crippen LogP contribution in [0, 0.1) is 6.92 Å². The van der Waals surface area contributed by atoms with E-state index in [1.54, 1.807) is 6.92 Å². The van der Waals surface area contributed by atoms with Crippen LogP contribution in [0.4, 0.5) is 0 Å². The van der Waals surface area contributed by atoms with Crippen LogP contribution >= 0.6 is 0 Å². The van der Waals surface area contributed by atoms with Crippen LogP contribution < -0.4 is 4.74 Å². The number of fused-ring (bicyclic) bond motifs is 2. The van der Waals surface area contributed by atoms with Gasteiger partial charge in [-0.25, -0.2) is 9.78 Å². The summed E-state index contributed by atoms with van der Waals surface area (Å²) in [7, 11) is 1.48. The normalized spacial score (nSPS) is 19.2. The molecule has 1 aromatic carbocycles. The molecule has 1 N–H and O–H groups in total. The van der Waals surface area contributed by atoms with Gasteiger partial charge in [0.15, 0.2) is 23.6 Å². The van der Waals surface area contributed by atoms with Crippen molar-refractivity contribution in [1.29, 1.82) is 0 Å². The van der Waals surface area contributed by atoms with Gasteiger partial charge in [0.2, 0.25) is 0 Å². The fraction of sp³-hybridized carbons (Fsp3) is 0.364. The van der Waals surface area contributed by atoms with Gasteiger partial charge >= 0.3 is 5.97 Å². The number of aliphatic hydroxyl groups is 1. The molecule has 0 amide bonds. The zero-order chi connectivity index (χ0) is 20.5. The quantitative estimate of drug-likeness (QED) is 0.645. The minimum atomic E-state index is -0.648. The highest BCUT2D eigenvalue weighted by atomic mass is 16.6. The maximum atomic E-state index is 12.3. The van der Waals surface area contributed by atoms with E-state index >= 15 is 0 Å². The molecule has 7 nitrogen and oxygen atoms in total. The van der Waals surface area contributed by atoms with Crippen molar-refractivity contribution in [3.8, 4) is 5.75 Å². The van der Waals surface area contributed by atoms with Gasteiger partial charge in [0.05, 0.1) is 18.0 Å². The minimum absolute atomic E-state index is 0.113. The van der Waals surface area contributed by atoms with Crippen LogP contribution in [0.5, 0.6) is 5.75 Å². The molecule has 2 aromatic heterocycles. The summed E-state index contributed by atoms with van der Waals surface area (Å²) >= 11 is 0. The highest BCUT2D eigenvalue weighted by Gasteiger charge is 2.38. The molecule has 7 heteroatoms. The van der Waals surface area contributed by atoms with Gasteiger partial charge in [0, 0.05) is 19.7 Å².